The average Bonchev–Trinajstić information content (AvgIpc) is 2.47. The first-order valence-electron chi connectivity index (χ1n) is 6.07. The molecular weight excluding hydrogens is 223 g/mol. The van der Waals surface area contributed by atoms with Crippen LogP contribution in [0.2, 0.25) is 0 Å². The lowest BCUT2D eigenvalue weighted by Crippen LogP contribution is -2.04. The fourth-order valence-corrected chi connectivity index (χ4v) is 2.89. The van der Waals surface area contributed by atoms with Crippen molar-refractivity contribution in [2.24, 2.45) is 0 Å². The Bertz CT molecular complexity index is 362. The molecule has 1 fully saturated rings. The van der Waals surface area contributed by atoms with Crippen LogP contribution in [0.4, 0.5) is 4.39 Å². The zero-order valence-corrected chi connectivity index (χ0v) is 10.4. The molecule has 0 heterocycles. The van der Waals surface area contributed by atoms with Crippen LogP contribution in [-0.4, -0.2) is 5.38 Å². The Morgan fingerprint density at radius 3 is 2.75 bits per heavy atom. The molecule has 0 bridgehead atoms. The van der Waals surface area contributed by atoms with Crippen LogP contribution in [0.5, 0.6) is 0 Å². The Kier molecular flexibility index (Phi) is 3.86. The third-order valence-electron chi connectivity index (χ3n) is 3.51. The minimum absolute atomic E-state index is 0.111. The fraction of sp³-hybridized carbons (Fsp3) is 0.571. The molecule has 1 aromatic carbocycles. The van der Waals surface area contributed by atoms with E-state index in [1.807, 2.05) is 19.1 Å². The molecule has 0 saturated heterocycles. The molecule has 2 rings (SSSR count). The van der Waals surface area contributed by atoms with Gasteiger partial charge in [-0.15, -0.1) is 11.6 Å². The number of hydrogen-bond donors (Lipinski definition) is 0. The quantitative estimate of drug-likeness (QED) is 0.489. The van der Waals surface area contributed by atoms with E-state index in [4.69, 9.17) is 11.6 Å². The molecule has 0 nitrogen and oxygen atoms in total. The number of alkyl halides is 1. The van der Waals surface area contributed by atoms with Crippen LogP contribution in [0.3, 0.4) is 0 Å². The van der Waals surface area contributed by atoms with Crippen LogP contribution < -0.4 is 0 Å². The molecule has 16 heavy (non-hydrogen) atoms. The van der Waals surface area contributed by atoms with E-state index in [-0.39, 0.29) is 11.2 Å². The second-order valence-electron chi connectivity index (χ2n) is 4.82. The highest BCUT2D eigenvalue weighted by molar-refractivity contribution is 6.20. The highest BCUT2D eigenvalue weighted by atomic mass is 35.5. The van der Waals surface area contributed by atoms with Gasteiger partial charge in [0.25, 0.3) is 0 Å². The molecule has 1 saturated carbocycles. The SMILES string of the molecule is Cc1cc(C2CCCCC(Cl)C2)ccc1F. The van der Waals surface area contributed by atoms with E-state index in [0.29, 0.717) is 5.92 Å². The molecule has 2 unspecified atom stereocenters. The van der Waals surface area contributed by atoms with Crippen molar-refractivity contribution in [2.45, 2.75) is 50.3 Å². The van der Waals surface area contributed by atoms with E-state index in [1.54, 1.807) is 6.07 Å². The Morgan fingerprint density at radius 1 is 1.25 bits per heavy atom. The summed E-state index contributed by atoms with van der Waals surface area (Å²) >= 11 is 6.26. The monoisotopic (exact) mass is 240 g/mol. The first-order valence-corrected chi connectivity index (χ1v) is 6.50. The van der Waals surface area contributed by atoms with Crippen molar-refractivity contribution in [1.82, 2.24) is 0 Å². The minimum atomic E-state index is -0.111. The molecular formula is C14H18ClF. The zero-order valence-electron chi connectivity index (χ0n) is 9.68. The topological polar surface area (TPSA) is 0 Å². The van der Waals surface area contributed by atoms with Crippen LogP contribution in [0.1, 0.15) is 49.1 Å². The molecule has 1 aromatic rings. The van der Waals surface area contributed by atoms with Gasteiger partial charge in [-0.25, -0.2) is 4.39 Å². The summed E-state index contributed by atoms with van der Waals surface area (Å²) < 4.78 is 13.2. The van der Waals surface area contributed by atoms with Crippen molar-refractivity contribution in [1.29, 1.82) is 0 Å². The molecule has 2 atom stereocenters. The van der Waals surface area contributed by atoms with Crippen molar-refractivity contribution in [3.8, 4) is 0 Å². The van der Waals surface area contributed by atoms with Gasteiger partial charge in [-0.05, 0) is 49.3 Å². The van der Waals surface area contributed by atoms with Gasteiger partial charge in [0.1, 0.15) is 5.82 Å². The van der Waals surface area contributed by atoms with E-state index < -0.39 is 0 Å². The summed E-state index contributed by atoms with van der Waals surface area (Å²) in [4.78, 5) is 0. The van der Waals surface area contributed by atoms with E-state index >= 15 is 0 Å². The minimum Gasteiger partial charge on any atom is -0.207 e. The van der Waals surface area contributed by atoms with Crippen LogP contribution >= 0.6 is 11.6 Å². The Morgan fingerprint density at radius 2 is 2.00 bits per heavy atom. The predicted molar refractivity (Wildman–Crippen MR) is 66.6 cm³/mol. The first kappa shape index (κ1) is 11.9. The van der Waals surface area contributed by atoms with Crippen LogP contribution in [-0.2, 0) is 0 Å². The molecule has 0 amide bonds. The lowest BCUT2D eigenvalue weighted by Gasteiger charge is -2.17. The maximum absolute atomic E-state index is 13.2. The molecule has 0 spiro atoms. The number of hydrogen-bond acceptors (Lipinski definition) is 0. The van der Waals surface area contributed by atoms with E-state index in [9.17, 15) is 4.39 Å². The molecule has 1 aliphatic rings. The number of aryl methyl sites for hydroxylation is 1. The summed E-state index contributed by atoms with van der Waals surface area (Å²) in [7, 11) is 0. The standard InChI is InChI=1S/C14H18ClF/c1-10-8-12(6-7-14(10)16)11-4-2-3-5-13(15)9-11/h6-8,11,13H,2-5,9H2,1H3. The van der Waals surface area contributed by atoms with Gasteiger partial charge in [-0.3, -0.25) is 0 Å². The molecule has 0 aromatic heterocycles. The van der Waals surface area contributed by atoms with Gasteiger partial charge in [-0.1, -0.05) is 25.0 Å². The van der Waals surface area contributed by atoms with Crippen LogP contribution in [0.25, 0.3) is 0 Å². The molecule has 88 valence electrons. The Hall–Kier alpha value is -0.560. The normalized spacial score (nSPS) is 26.4. The van der Waals surface area contributed by atoms with Gasteiger partial charge in [0.05, 0.1) is 0 Å². The van der Waals surface area contributed by atoms with Crippen molar-refractivity contribution < 1.29 is 4.39 Å². The molecule has 0 radical (unpaired) electrons. The summed E-state index contributed by atoms with van der Waals surface area (Å²) in [6.45, 7) is 1.83. The van der Waals surface area contributed by atoms with E-state index in [1.165, 1.54) is 24.8 Å². The average molecular weight is 241 g/mol. The highest BCUT2D eigenvalue weighted by Gasteiger charge is 2.20. The summed E-state index contributed by atoms with van der Waals surface area (Å²) in [6.07, 6.45) is 5.81. The molecule has 1 aliphatic carbocycles. The maximum Gasteiger partial charge on any atom is 0.126 e. The van der Waals surface area contributed by atoms with E-state index in [2.05, 4.69) is 0 Å². The first-order chi connectivity index (χ1) is 7.66. The summed E-state index contributed by atoms with van der Waals surface area (Å²) in [5, 5.41) is 0.290. The molecule has 0 N–H and O–H groups in total. The van der Waals surface area contributed by atoms with Gasteiger partial charge in [0, 0.05) is 5.38 Å². The third kappa shape index (κ3) is 2.76. The third-order valence-corrected chi connectivity index (χ3v) is 3.91. The molecule has 2 heteroatoms. The van der Waals surface area contributed by atoms with Gasteiger partial charge in [-0.2, -0.15) is 0 Å². The van der Waals surface area contributed by atoms with Gasteiger partial charge in [0.2, 0.25) is 0 Å². The second-order valence-corrected chi connectivity index (χ2v) is 5.44. The van der Waals surface area contributed by atoms with Crippen LogP contribution in [0, 0.1) is 12.7 Å². The Balaban J connectivity index is 2.18. The van der Waals surface area contributed by atoms with Gasteiger partial charge in [0.15, 0.2) is 0 Å². The smallest absolute Gasteiger partial charge is 0.126 e. The molecule has 0 aliphatic heterocycles. The summed E-state index contributed by atoms with van der Waals surface area (Å²) in [5.74, 6) is 0.407. The van der Waals surface area contributed by atoms with Crippen LogP contribution in [0.15, 0.2) is 18.2 Å². The van der Waals surface area contributed by atoms with E-state index in [0.717, 1.165) is 18.4 Å². The maximum atomic E-state index is 13.2. The summed E-state index contributed by atoms with van der Waals surface area (Å²) in [5.41, 5.74) is 2.00. The lowest BCUT2D eigenvalue weighted by atomic mass is 9.91. The van der Waals surface area contributed by atoms with Crippen molar-refractivity contribution in [3.05, 3.63) is 35.1 Å². The Labute approximate surface area is 102 Å². The predicted octanol–water partition coefficient (Wildman–Crippen LogP) is 4.79. The number of rotatable bonds is 1. The fourth-order valence-electron chi connectivity index (χ4n) is 2.53. The summed E-state index contributed by atoms with van der Waals surface area (Å²) in [6, 6.07) is 5.48. The zero-order chi connectivity index (χ0) is 11.5. The lowest BCUT2D eigenvalue weighted by molar-refractivity contribution is 0.586. The van der Waals surface area contributed by atoms with Crippen molar-refractivity contribution in [2.75, 3.05) is 0 Å². The largest absolute Gasteiger partial charge is 0.207 e. The highest BCUT2D eigenvalue weighted by Crippen LogP contribution is 2.34. The number of benzene rings is 1. The van der Waals surface area contributed by atoms with Crippen molar-refractivity contribution in [3.63, 3.8) is 0 Å². The second kappa shape index (κ2) is 5.18. The van der Waals surface area contributed by atoms with Crippen molar-refractivity contribution >= 4 is 11.6 Å². The van der Waals surface area contributed by atoms with Gasteiger partial charge >= 0.3 is 0 Å². The number of halogens is 2. The van der Waals surface area contributed by atoms with Gasteiger partial charge < -0.3 is 0 Å².